The van der Waals surface area contributed by atoms with E-state index in [9.17, 15) is 14.4 Å². The van der Waals surface area contributed by atoms with Gasteiger partial charge in [0.25, 0.3) is 0 Å². The van der Waals surface area contributed by atoms with Crippen LogP contribution in [0.5, 0.6) is 0 Å². The molecule has 0 aromatic rings. The van der Waals surface area contributed by atoms with Crippen LogP contribution in [0.3, 0.4) is 0 Å². The minimum Gasteiger partial charge on any atom is -0.462 e. The molecule has 6 heteroatoms. The molecule has 0 saturated carbocycles. The van der Waals surface area contributed by atoms with Crippen molar-refractivity contribution >= 4 is 17.9 Å². The van der Waals surface area contributed by atoms with Crippen molar-refractivity contribution in [2.75, 3.05) is 13.2 Å². The molecule has 0 heterocycles. The maximum atomic E-state index is 12.9. The second kappa shape index (κ2) is 70.1. The Labute approximate surface area is 506 Å². The fourth-order valence-corrected chi connectivity index (χ4v) is 11.1. The zero-order valence-electron chi connectivity index (χ0n) is 54.8. The van der Waals surface area contributed by atoms with Crippen LogP contribution in [0.2, 0.25) is 0 Å². The number of hydrogen-bond donors (Lipinski definition) is 0. The van der Waals surface area contributed by atoms with E-state index in [1.807, 2.05) is 0 Å². The Morgan fingerprint density at radius 1 is 0.247 bits per heavy atom. The summed E-state index contributed by atoms with van der Waals surface area (Å²) in [6.07, 6.45) is 87.6. The smallest absolute Gasteiger partial charge is 0.306 e. The van der Waals surface area contributed by atoms with E-state index in [1.54, 1.807) is 0 Å². The first-order chi connectivity index (χ1) is 40.0. The Bertz CT molecular complexity index is 1350. The minimum atomic E-state index is -0.772. The number of rotatable bonds is 68. The fourth-order valence-electron chi connectivity index (χ4n) is 11.1. The molecule has 0 aliphatic heterocycles. The van der Waals surface area contributed by atoms with Gasteiger partial charge in [-0.2, -0.15) is 0 Å². The molecule has 0 aliphatic carbocycles. The zero-order chi connectivity index (χ0) is 58.5. The Hall–Kier alpha value is -2.37. The van der Waals surface area contributed by atoms with Crippen LogP contribution in [0.1, 0.15) is 406 Å². The van der Waals surface area contributed by atoms with Crippen LogP contribution in [-0.4, -0.2) is 37.2 Å². The van der Waals surface area contributed by atoms with Crippen LogP contribution in [0.25, 0.3) is 0 Å². The maximum Gasteiger partial charge on any atom is 0.306 e. The fraction of sp³-hybridized carbons (Fsp3) is 0.880. The van der Waals surface area contributed by atoms with Crippen LogP contribution in [-0.2, 0) is 28.6 Å². The van der Waals surface area contributed by atoms with Crippen LogP contribution in [0, 0.1) is 0 Å². The van der Waals surface area contributed by atoms with Crippen molar-refractivity contribution in [2.24, 2.45) is 0 Å². The van der Waals surface area contributed by atoms with E-state index in [1.165, 1.54) is 295 Å². The standard InChI is InChI=1S/C75H140O6/c1-4-7-10-13-16-19-22-25-27-29-31-32-33-34-35-36-37-38-39-40-41-42-44-45-47-50-53-56-59-62-65-68-74(77)80-71-72(70-79-73(76)67-64-61-58-55-52-49-24-21-18-15-12-9-6-3)81-75(78)69-66-63-60-57-54-51-48-46-43-30-28-26-23-20-17-14-11-8-5-2/h21-22,24-25,29,31,72H,4-20,23,26-28,30,32-71H2,1-3H3/b24-21-,25-22-,31-29-. The third-order valence-electron chi connectivity index (χ3n) is 16.6. The summed E-state index contributed by atoms with van der Waals surface area (Å²) in [7, 11) is 0. The molecule has 6 nitrogen and oxygen atoms in total. The van der Waals surface area contributed by atoms with E-state index in [0.29, 0.717) is 19.3 Å². The summed E-state index contributed by atoms with van der Waals surface area (Å²) < 4.78 is 17.0. The van der Waals surface area contributed by atoms with E-state index >= 15 is 0 Å². The number of allylic oxidation sites excluding steroid dienone is 6. The van der Waals surface area contributed by atoms with Crippen molar-refractivity contribution in [1.82, 2.24) is 0 Å². The molecule has 0 fully saturated rings. The molecule has 0 saturated heterocycles. The molecule has 1 atom stereocenters. The van der Waals surface area contributed by atoms with Gasteiger partial charge in [0.1, 0.15) is 13.2 Å². The van der Waals surface area contributed by atoms with Gasteiger partial charge < -0.3 is 14.2 Å². The molecule has 0 aromatic heterocycles. The van der Waals surface area contributed by atoms with Crippen molar-refractivity contribution in [2.45, 2.75) is 412 Å². The summed E-state index contributed by atoms with van der Waals surface area (Å²) in [5.41, 5.74) is 0. The summed E-state index contributed by atoms with van der Waals surface area (Å²) in [6.45, 7) is 6.68. The highest BCUT2D eigenvalue weighted by Crippen LogP contribution is 2.19. The average Bonchev–Trinajstić information content (AvgIpc) is 3.46. The topological polar surface area (TPSA) is 78.9 Å². The van der Waals surface area contributed by atoms with Gasteiger partial charge in [-0.05, 0) is 77.0 Å². The number of ether oxygens (including phenoxy) is 3. The Morgan fingerprint density at radius 2 is 0.444 bits per heavy atom. The first-order valence-corrected chi connectivity index (χ1v) is 36.5. The van der Waals surface area contributed by atoms with Crippen molar-refractivity contribution in [1.29, 1.82) is 0 Å². The molecule has 0 bridgehead atoms. The first-order valence-electron chi connectivity index (χ1n) is 36.5. The highest BCUT2D eigenvalue weighted by Gasteiger charge is 2.19. The van der Waals surface area contributed by atoms with Gasteiger partial charge in [0, 0.05) is 19.3 Å². The quantitative estimate of drug-likeness (QED) is 0.0261. The first kappa shape index (κ1) is 78.6. The highest BCUT2D eigenvalue weighted by molar-refractivity contribution is 5.71. The minimum absolute atomic E-state index is 0.0684. The average molecular weight is 1140 g/mol. The summed E-state index contributed by atoms with van der Waals surface area (Å²) in [5, 5.41) is 0. The second-order valence-corrected chi connectivity index (χ2v) is 24.9. The molecule has 0 radical (unpaired) electrons. The number of esters is 3. The molecule has 81 heavy (non-hydrogen) atoms. The van der Waals surface area contributed by atoms with Crippen molar-refractivity contribution in [3.8, 4) is 0 Å². The molecule has 0 N–H and O–H groups in total. The van der Waals surface area contributed by atoms with E-state index in [4.69, 9.17) is 14.2 Å². The lowest BCUT2D eigenvalue weighted by Gasteiger charge is -2.18. The Morgan fingerprint density at radius 3 is 0.704 bits per heavy atom. The largest absolute Gasteiger partial charge is 0.462 e. The number of hydrogen-bond acceptors (Lipinski definition) is 6. The van der Waals surface area contributed by atoms with Gasteiger partial charge in [-0.15, -0.1) is 0 Å². The van der Waals surface area contributed by atoms with Gasteiger partial charge >= 0.3 is 17.9 Å². The SMILES string of the molecule is CCCCCC/C=C\CCCCCCCC(=O)OCC(COC(=O)CCCCCCCCCCCCCCCCCCCCC/C=C\C/C=C\CCCCCCC)OC(=O)CCCCCCCCCCCCCCCCCCCCC. The third kappa shape index (κ3) is 68.3. The van der Waals surface area contributed by atoms with Crippen LogP contribution in [0.4, 0.5) is 0 Å². The predicted octanol–water partition coefficient (Wildman–Crippen LogP) is 25.1. The van der Waals surface area contributed by atoms with Crippen LogP contribution >= 0.6 is 0 Å². The zero-order valence-corrected chi connectivity index (χ0v) is 54.8. The normalized spacial score (nSPS) is 12.2. The van der Waals surface area contributed by atoms with E-state index < -0.39 is 6.10 Å². The molecular formula is C75H140O6. The van der Waals surface area contributed by atoms with Gasteiger partial charge in [-0.1, -0.05) is 346 Å². The molecule has 0 rings (SSSR count). The van der Waals surface area contributed by atoms with E-state index in [2.05, 4.69) is 57.2 Å². The van der Waals surface area contributed by atoms with Crippen LogP contribution in [0.15, 0.2) is 36.5 Å². The van der Waals surface area contributed by atoms with Gasteiger partial charge in [0.2, 0.25) is 0 Å². The molecule has 476 valence electrons. The molecular weight excluding hydrogens is 997 g/mol. The van der Waals surface area contributed by atoms with Crippen molar-refractivity contribution in [3.05, 3.63) is 36.5 Å². The summed E-state index contributed by atoms with van der Waals surface area (Å²) in [6, 6.07) is 0. The number of carbonyl (C=O) groups is 3. The maximum absolute atomic E-state index is 12.9. The molecule has 0 aliphatic rings. The van der Waals surface area contributed by atoms with Gasteiger partial charge in [-0.3, -0.25) is 14.4 Å². The van der Waals surface area contributed by atoms with Gasteiger partial charge in [0.15, 0.2) is 6.10 Å². The number of carbonyl (C=O) groups excluding carboxylic acids is 3. The molecule has 0 amide bonds. The highest BCUT2D eigenvalue weighted by atomic mass is 16.6. The number of unbranched alkanes of at least 4 members (excludes halogenated alkanes) is 51. The monoisotopic (exact) mass is 1140 g/mol. The van der Waals surface area contributed by atoms with Crippen molar-refractivity contribution < 1.29 is 28.6 Å². The van der Waals surface area contributed by atoms with E-state index in [0.717, 1.165) is 70.6 Å². The third-order valence-corrected chi connectivity index (χ3v) is 16.6. The molecule has 0 aromatic carbocycles. The lowest BCUT2D eigenvalue weighted by Crippen LogP contribution is -2.30. The lowest BCUT2D eigenvalue weighted by atomic mass is 10.0. The van der Waals surface area contributed by atoms with Crippen LogP contribution < -0.4 is 0 Å². The molecule has 0 spiro atoms. The van der Waals surface area contributed by atoms with Gasteiger partial charge in [0.05, 0.1) is 0 Å². The summed E-state index contributed by atoms with van der Waals surface area (Å²) in [5.74, 6) is -0.846. The predicted molar refractivity (Wildman–Crippen MR) is 353 cm³/mol. The van der Waals surface area contributed by atoms with Gasteiger partial charge in [-0.25, -0.2) is 0 Å². The summed E-state index contributed by atoms with van der Waals surface area (Å²) in [4.78, 5) is 38.4. The Balaban J connectivity index is 4.15. The second-order valence-electron chi connectivity index (χ2n) is 24.9. The van der Waals surface area contributed by atoms with Crippen molar-refractivity contribution in [3.63, 3.8) is 0 Å². The summed E-state index contributed by atoms with van der Waals surface area (Å²) >= 11 is 0. The molecule has 1 unspecified atom stereocenters. The van der Waals surface area contributed by atoms with E-state index in [-0.39, 0.29) is 31.1 Å². The Kier molecular flexibility index (Phi) is 68.1. The lowest BCUT2D eigenvalue weighted by molar-refractivity contribution is -0.167.